The van der Waals surface area contributed by atoms with Gasteiger partial charge in [0.15, 0.2) is 23.1 Å². The first-order valence-electron chi connectivity index (χ1n) is 5.48. The third kappa shape index (κ3) is 2.65. The van der Waals surface area contributed by atoms with Crippen LogP contribution in [-0.2, 0) is 0 Å². The Morgan fingerprint density at radius 1 is 1.00 bits per heavy atom. The number of benzene rings is 2. The molecule has 1 N–H and O–H groups in total. The highest BCUT2D eigenvalue weighted by molar-refractivity contribution is 5.35. The molecule has 2 aromatic rings. The van der Waals surface area contributed by atoms with Gasteiger partial charge in [0.2, 0.25) is 0 Å². The first-order chi connectivity index (χ1) is 8.58. The van der Waals surface area contributed by atoms with Crippen LogP contribution in [0.1, 0.15) is 18.6 Å². The van der Waals surface area contributed by atoms with Crippen LogP contribution in [0.25, 0.3) is 0 Å². The van der Waals surface area contributed by atoms with Gasteiger partial charge in [0.1, 0.15) is 0 Å². The highest BCUT2D eigenvalue weighted by Crippen LogP contribution is 2.28. The topological polar surface area (TPSA) is 29.5 Å². The lowest BCUT2D eigenvalue weighted by Gasteiger charge is -2.10. The molecule has 0 aliphatic rings. The molecule has 0 aliphatic carbocycles. The number of aliphatic hydroxyl groups is 1. The Bertz CT molecular complexity index is 553. The van der Waals surface area contributed by atoms with E-state index in [-0.39, 0.29) is 11.5 Å². The molecule has 0 aliphatic heterocycles. The van der Waals surface area contributed by atoms with Crippen molar-refractivity contribution < 1.29 is 18.6 Å². The van der Waals surface area contributed by atoms with Crippen molar-refractivity contribution in [3.05, 3.63) is 59.7 Å². The van der Waals surface area contributed by atoms with Gasteiger partial charge in [-0.05, 0) is 36.8 Å². The third-order valence-electron chi connectivity index (χ3n) is 2.49. The Hall–Kier alpha value is -1.94. The van der Waals surface area contributed by atoms with Gasteiger partial charge in [0.25, 0.3) is 0 Å². The summed E-state index contributed by atoms with van der Waals surface area (Å²) in [5.41, 5.74) is 0.438. The molecule has 2 nitrogen and oxygen atoms in total. The van der Waals surface area contributed by atoms with E-state index in [1.807, 2.05) is 0 Å². The van der Waals surface area contributed by atoms with Crippen LogP contribution in [-0.4, -0.2) is 5.11 Å². The molecule has 18 heavy (non-hydrogen) atoms. The van der Waals surface area contributed by atoms with Crippen LogP contribution in [0.3, 0.4) is 0 Å². The molecule has 0 heterocycles. The number of ether oxygens (including phenoxy) is 1. The second-order valence-corrected chi connectivity index (χ2v) is 3.90. The van der Waals surface area contributed by atoms with Crippen molar-refractivity contribution in [1.82, 2.24) is 0 Å². The minimum absolute atomic E-state index is 0.0406. The number of hydrogen-bond acceptors (Lipinski definition) is 2. The molecule has 0 aromatic heterocycles. The largest absolute Gasteiger partial charge is 0.451 e. The molecule has 1 atom stereocenters. The minimum Gasteiger partial charge on any atom is -0.451 e. The van der Waals surface area contributed by atoms with Crippen molar-refractivity contribution in [2.45, 2.75) is 13.0 Å². The average Bonchev–Trinajstić information content (AvgIpc) is 2.34. The van der Waals surface area contributed by atoms with Gasteiger partial charge in [-0.15, -0.1) is 0 Å². The summed E-state index contributed by atoms with van der Waals surface area (Å²) in [5, 5.41) is 9.31. The van der Waals surface area contributed by atoms with E-state index in [1.54, 1.807) is 6.07 Å². The minimum atomic E-state index is -0.762. The van der Waals surface area contributed by atoms with Crippen LogP contribution < -0.4 is 4.74 Å². The Labute approximate surface area is 103 Å². The van der Waals surface area contributed by atoms with E-state index in [9.17, 15) is 13.9 Å². The number of rotatable bonds is 3. The van der Waals surface area contributed by atoms with Crippen molar-refractivity contribution in [3.63, 3.8) is 0 Å². The summed E-state index contributed by atoms with van der Waals surface area (Å²) in [6.45, 7) is 1.53. The number of para-hydroxylation sites is 1. The van der Waals surface area contributed by atoms with Gasteiger partial charge < -0.3 is 9.84 Å². The van der Waals surface area contributed by atoms with E-state index in [4.69, 9.17) is 4.74 Å². The van der Waals surface area contributed by atoms with Gasteiger partial charge in [-0.3, -0.25) is 0 Å². The van der Waals surface area contributed by atoms with Gasteiger partial charge in [-0.25, -0.2) is 8.78 Å². The molecule has 0 saturated carbocycles. The van der Waals surface area contributed by atoms with Gasteiger partial charge in [-0.2, -0.15) is 0 Å². The van der Waals surface area contributed by atoms with Crippen LogP contribution >= 0.6 is 0 Å². The van der Waals surface area contributed by atoms with Gasteiger partial charge in [0, 0.05) is 0 Å². The second-order valence-electron chi connectivity index (χ2n) is 3.90. The van der Waals surface area contributed by atoms with E-state index < -0.39 is 17.7 Å². The zero-order chi connectivity index (χ0) is 13.1. The SMILES string of the molecule is CC(O)c1ccc(Oc2ccccc2F)c(F)c1. The lowest BCUT2D eigenvalue weighted by Crippen LogP contribution is -1.95. The molecule has 0 radical (unpaired) electrons. The summed E-state index contributed by atoms with van der Waals surface area (Å²) in [7, 11) is 0. The third-order valence-corrected chi connectivity index (χ3v) is 2.49. The van der Waals surface area contributed by atoms with E-state index in [0.29, 0.717) is 5.56 Å². The Morgan fingerprint density at radius 3 is 2.28 bits per heavy atom. The molecule has 1 unspecified atom stereocenters. The summed E-state index contributed by atoms with van der Waals surface area (Å²) >= 11 is 0. The predicted molar refractivity (Wildman–Crippen MR) is 63.5 cm³/mol. The monoisotopic (exact) mass is 250 g/mol. The first kappa shape index (κ1) is 12.5. The number of aliphatic hydroxyl groups excluding tert-OH is 1. The van der Waals surface area contributed by atoms with Crippen LogP contribution in [0.5, 0.6) is 11.5 Å². The normalized spacial score (nSPS) is 12.2. The molecule has 0 bridgehead atoms. The Balaban J connectivity index is 2.28. The summed E-state index contributed by atoms with van der Waals surface area (Å²) in [5.74, 6) is -1.32. The Morgan fingerprint density at radius 2 is 1.67 bits per heavy atom. The summed E-state index contributed by atoms with van der Waals surface area (Å²) in [4.78, 5) is 0. The van der Waals surface area contributed by atoms with E-state index in [0.717, 1.165) is 0 Å². The van der Waals surface area contributed by atoms with E-state index in [1.165, 1.54) is 43.3 Å². The Kier molecular flexibility index (Phi) is 3.58. The fourth-order valence-electron chi connectivity index (χ4n) is 1.51. The molecule has 0 saturated heterocycles. The lowest BCUT2D eigenvalue weighted by atomic mass is 10.1. The summed E-state index contributed by atoms with van der Waals surface area (Å²) in [6, 6.07) is 9.83. The smallest absolute Gasteiger partial charge is 0.166 e. The van der Waals surface area contributed by atoms with Gasteiger partial charge >= 0.3 is 0 Å². The quantitative estimate of drug-likeness (QED) is 0.897. The maximum Gasteiger partial charge on any atom is 0.166 e. The zero-order valence-corrected chi connectivity index (χ0v) is 9.73. The van der Waals surface area contributed by atoms with Crippen molar-refractivity contribution >= 4 is 0 Å². The molecular formula is C14H12F2O2. The fourth-order valence-corrected chi connectivity index (χ4v) is 1.51. The van der Waals surface area contributed by atoms with Crippen molar-refractivity contribution in [1.29, 1.82) is 0 Å². The van der Waals surface area contributed by atoms with Crippen LogP contribution in [0, 0.1) is 11.6 Å². The van der Waals surface area contributed by atoms with E-state index in [2.05, 4.69) is 0 Å². The van der Waals surface area contributed by atoms with Crippen LogP contribution in [0.15, 0.2) is 42.5 Å². The predicted octanol–water partition coefficient (Wildman–Crippen LogP) is 3.81. The molecule has 2 rings (SSSR count). The maximum absolute atomic E-state index is 13.7. The summed E-state index contributed by atoms with van der Waals surface area (Å²) < 4.78 is 32.1. The molecule has 0 fully saturated rings. The standard InChI is InChI=1S/C14H12F2O2/c1-9(17)10-6-7-14(12(16)8-10)18-13-5-3-2-4-11(13)15/h2-9,17H,1H3. The molecule has 0 spiro atoms. The summed E-state index contributed by atoms with van der Waals surface area (Å²) in [6.07, 6.45) is -0.762. The highest BCUT2D eigenvalue weighted by Gasteiger charge is 2.10. The van der Waals surface area contributed by atoms with Gasteiger partial charge in [-0.1, -0.05) is 18.2 Å². The number of hydrogen-bond donors (Lipinski definition) is 1. The second kappa shape index (κ2) is 5.14. The molecule has 4 heteroatoms. The van der Waals surface area contributed by atoms with Crippen LogP contribution in [0.2, 0.25) is 0 Å². The van der Waals surface area contributed by atoms with Crippen LogP contribution in [0.4, 0.5) is 8.78 Å². The maximum atomic E-state index is 13.7. The highest BCUT2D eigenvalue weighted by atomic mass is 19.1. The molecule has 94 valence electrons. The number of halogens is 2. The molecule has 0 amide bonds. The first-order valence-corrected chi connectivity index (χ1v) is 5.48. The molecular weight excluding hydrogens is 238 g/mol. The van der Waals surface area contributed by atoms with Crippen molar-refractivity contribution in [3.8, 4) is 11.5 Å². The van der Waals surface area contributed by atoms with Crippen molar-refractivity contribution in [2.24, 2.45) is 0 Å². The molecule has 2 aromatic carbocycles. The van der Waals surface area contributed by atoms with Gasteiger partial charge in [0.05, 0.1) is 6.10 Å². The van der Waals surface area contributed by atoms with Crippen molar-refractivity contribution in [2.75, 3.05) is 0 Å². The lowest BCUT2D eigenvalue weighted by molar-refractivity contribution is 0.198. The zero-order valence-electron chi connectivity index (χ0n) is 9.73. The fraction of sp³-hybridized carbons (Fsp3) is 0.143. The van der Waals surface area contributed by atoms with E-state index >= 15 is 0 Å². The average molecular weight is 250 g/mol.